The molecule has 2 aromatic rings. The van der Waals surface area contributed by atoms with E-state index in [9.17, 15) is 23.2 Å². The molecule has 194 valence electrons. The Morgan fingerprint density at radius 3 is 1.89 bits per heavy atom. The van der Waals surface area contributed by atoms with Gasteiger partial charge in [-0.2, -0.15) is 0 Å². The van der Waals surface area contributed by atoms with Crippen molar-refractivity contribution in [2.75, 3.05) is 26.0 Å². The highest BCUT2D eigenvalue weighted by molar-refractivity contribution is 5.98. The Hall–Kier alpha value is -4.61. The second-order valence-corrected chi connectivity index (χ2v) is 8.19. The molecule has 2 atom stereocenters. The van der Waals surface area contributed by atoms with Gasteiger partial charge in [-0.25, -0.2) is 19.1 Å². The summed E-state index contributed by atoms with van der Waals surface area (Å²) in [6, 6.07) is 10.4. The number of nitrogens with one attached hydrogen (secondary N) is 4. The molecule has 0 aliphatic rings. The number of hydroxylamine groups is 1. The van der Waals surface area contributed by atoms with Crippen molar-refractivity contribution in [3.8, 4) is 23.7 Å². The molecule has 4 amide bonds. The van der Waals surface area contributed by atoms with Crippen LogP contribution >= 0.6 is 0 Å². The summed E-state index contributed by atoms with van der Waals surface area (Å²) in [6.07, 6.45) is -3.28. The normalized spacial score (nSPS) is 12.4. The number of alkyl halides is 2. The van der Waals surface area contributed by atoms with E-state index in [1.54, 1.807) is 0 Å². The molecule has 2 rings (SSSR count). The molecule has 0 saturated carbocycles. The van der Waals surface area contributed by atoms with E-state index < -0.39 is 35.9 Å². The van der Waals surface area contributed by atoms with Gasteiger partial charge in [0, 0.05) is 43.5 Å². The van der Waals surface area contributed by atoms with Gasteiger partial charge in [-0.1, -0.05) is 11.8 Å². The van der Waals surface area contributed by atoms with Gasteiger partial charge in [-0.15, -0.1) is 0 Å². The lowest BCUT2D eigenvalue weighted by atomic mass is 9.91. The van der Waals surface area contributed by atoms with Crippen molar-refractivity contribution in [3.63, 3.8) is 0 Å². The van der Waals surface area contributed by atoms with Crippen LogP contribution in [0.1, 0.15) is 28.4 Å². The lowest BCUT2D eigenvalue weighted by Crippen LogP contribution is -2.69. The first kappa shape index (κ1) is 28.6. The fourth-order valence-electron chi connectivity index (χ4n) is 3.08. The Bertz CT molecular complexity index is 1240. The number of amides is 4. The van der Waals surface area contributed by atoms with E-state index >= 15 is 0 Å². The molecule has 0 fully saturated rings. The molecule has 2 unspecified atom stereocenters. The average molecular weight is 512 g/mol. The second-order valence-electron chi connectivity index (χ2n) is 8.19. The minimum absolute atomic E-state index is 0.0323. The van der Waals surface area contributed by atoms with E-state index in [0.717, 1.165) is 18.2 Å². The predicted octanol–water partition coefficient (Wildman–Crippen LogP) is 1.71. The van der Waals surface area contributed by atoms with Crippen LogP contribution in [0.15, 0.2) is 48.5 Å². The van der Waals surface area contributed by atoms with Crippen LogP contribution in [-0.4, -0.2) is 62.2 Å². The average Bonchev–Trinajstić information content (AvgIpc) is 2.89. The van der Waals surface area contributed by atoms with E-state index in [0.29, 0.717) is 5.56 Å². The lowest BCUT2D eigenvalue weighted by Gasteiger charge is -2.36. The largest absolute Gasteiger partial charge is 0.378 e. The van der Waals surface area contributed by atoms with Crippen LogP contribution in [0.4, 0.5) is 19.3 Å². The van der Waals surface area contributed by atoms with Crippen LogP contribution in [0.5, 0.6) is 0 Å². The van der Waals surface area contributed by atoms with Gasteiger partial charge in [0.05, 0.1) is 0 Å². The fraction of sp³-hybridized carbons (Fsp3) is 0.269. The van der Waals surface area contributed by atoms with Gasteiger partial charge in [0.25, 0.3) is 18.2 Å². The molecule has 0 aromatic heterocycles. The van der Waals surface area contributed by atoms with Gasteiger partial charge in [0.1, 0.15) is 11.6 Å². The molecule has 11 heteroatoms. The third kappa shape index (κ3) is 7.69. The summed E-state index contributed by atoms with van der Waals surface area (Å²) < 4.78 is 27.7. The maximum absolute atomic E-state index is 13.9. The molecule has 0 saturated heterocycles. The Balaban J connectivity index is 2.16. The van der Waals surface area contributed by atoms with Crippen molar-refractivity contribution in [2.24, 2.45) is 0 Å². The SMILES string of the molecule is CNC(=O)NC(C)(C(F)F)C(NC(=O)c1ccc(C#CC#Cc2ccc(N(C)C)cc2)cc1)C(=O)NO. The molecule has 0 spiro atoms. The molecule has 2 aromatic carbocycles. The molecule has 5 N–H and O–H groups in total. The maximum atomic E-state index is 13.9. The van der Waals surface area contributed by atoms with Crippen molar-refractivity contribution in [3.05, 3.63) is 65.2 Å². The third-order valence-corrected chi connectivity index (χ3v) is 5.32. The Kier molecular flexibility index (Phi) is 9.99. The first-order chi connectivity index (χ1) is 17.5. The topological polar surface area (TPSA) is 123 Å². The van der Waals surface area contributed by atoms with Crippen LogP contribution in [0.25, 0.3) is 0 Å². The Labute approximate surface area is 213 Å². The molecular formula is C26H27F2N5O4. The van der Waals surface area contributed by atoms with Crippen molar-refractivity contribution < 1.29 is 28.4 Å². The molecule has 0 radical (unpaired) electrons. The number of urea groups is 1. The monoisotopic (exact) mass is 511 g/mol. The number of benzene rings is 2. The van der Waals surface area contributed by atoms with Gasteiger partial charge in [0.15, 0.2) is 0 Å². The van der Waals surface area contributed by atoms with Crippen molar-refractivity contribution in [1.82, 2.24) is 21.4 Å². The number of hydrogen-bond donors (Lipinski definition) is 5. The van der Waals surface area contributed by atoms with E-state index in [1.165, 1.54) is 36.8 Å². The first-order valence-corrected chi connectivity index (χ1v) is 10.9. The standard InChI is InChI=1S/C26H27F2N5O4/c1-26(24(27)28,31-25(36)29-2)21(23(35)32-37)30-22(34)19-13-9-17(10-14-19)7-5-6-8-18-11-15-20(16-12-18)33(3)4/h9-16,21,24,37H,1-4H3,(H,30,34)(H,32,35)(H2,29,31,36). The number of nitrogens with zero attached hydrogens (tertiary/aromatic N) is 1. The second kappa shape index (κ2) is 12.9. The number of carbonyl (C=O) groups is 3. The van der Waals surface area contributed by atoms with E-state index in [-0.39, 0.29) is 5.56 Å². The summed E-state index contributed by atoms with van der Waals surface area (Å²) in [5.41, 5.74) is 1.12. The van der Waals surface area contributed by atoms with E-state index in [4.69, 9.17) is 5.21 Å². The molecule has 0 aliphatic carbocycles. The van der Waals surface area contributed by atoms with Gasteiger partial charge in [0.2, 0.25) is 0 Å². The van der Waals surface area contributed by atoms with E-state index in [2.05, 4.69) is 34.3 Å². The Morgan fingerprint density at radius 2 is 1.46 bits per heavy atom. The number of hydrogen-bond acceptors (Lipinski definition) is 5. The van der Waals surface area contributed by atoms with Gasteiger partial charge >= 0.3 is 6.03 Å². The maximum Gasteiger partial charge on any atom is 0.315 e. The summed E-state index contributed by atoms with van der Waals surface area (Å²) in [4.78, 5) is 38.5. The van der Waals surface area contributed by atoms with Crippen molar-refractivity contribution in [2.45, 2.75) is 24.9 Å². The van der Waals surface area contributed by atoms with Crippen molar-refractivity contribution in [1.29, 1.82) is 0 Å². The summed E-state index contributed by atoms with van der Waals surface area (Å²) in [5, 5.41) is 15.2. The first-order valence-electron chi connectivity index (χ1n) is 10.9. The fourth-order valence-corrected chi connectivity index (χ4v) is 3.08. The molecule has 0 bridgehead atoms. The molecular weight excluding hydrogens is 484 g/mol. The highest BCUT2D eigenvalue weighted by Gasteiger charge is 2.48. The summed E-state index contributed by atoms with van der Waals surface area (Å²) in [6.45, 7) is 0.865. The zero-order valence-electron chi connectivity index (χ0n) is 20.6. The summed E-state index contributed by atoms with van der Waals surface area (Å²) in [7, 11) is 5.08. The molecule has 0 aliphatic heterocycles. The van der Waals surface area contributed by atoms with Gasteiger partial charge < -0.3 is 20.9 Å². The van der Waals surface area contributed by atoms with Crippen molar-refractivity contribution >= 4 is 23.5 Å². The van der Waals surface area contributed by atoms with Crippen LogP contribution < -0.4 is 26.3 Å². The number of halogens is 2. The number of rotatable bonds is 7. The van der Waals surface area contributed by atoms with Crippen LogP contribution in [0.3, 0.4) is 0 Å². The number of anilines is 1. The van der Waals surface area contributed by atoms with Crippen LogP contribution in [0, 0.1) is 23.7 Å². The minimum Gasteiger partial charge on any atom is -0.378 e. The highest BCUT2D eigenvalue weighted by Crippen LogP contribution is 2.21. The highest BCUT2D eigenvalue weighted by atomic mass is 19.3. The predicted molar refractivity (Wildman–Crippen MR) is 134 cm³/mol. The third-order valence-electron chi connectivity index (χ3n) is 5.32. The Morgan fingerprint density at radius 1 is 0.946 bits per heavy atom. The van der Waals surface area contributed by atoms with Crippen LogP contribution in [-0.2, 0) is 4.79 Å². The summed E-state index contributed by atoms with van der Waals surface area (Å²) in [5.74, 6) is 8.99. The number of carbonyl (C=O) groups excluding carboxylic acids is 3. The van der Waals surface area contributed by atoms with Gasteiger partial charge in [-0.05, 0) is 67.3 Å². The van der Waals surface area contributed by atoms with Gasteiger partial charge in [-0.3, -0.25) is 14.8 Å². The zero-order valence-corrected chi connectivity index (χ0v) is 20.6. The van der Waals surface area contributed by atoms with E-state index in [1.807, 2.05) is 48.6 Å². The molecule has 37 heavy (non-hydrogen) atoms. The molecule has 0 heterocycles. The smallest absolute Gasteiger partial charge is 0.315 e. The quantitative estimate of drug-likeness (QED) is 0.220. The minimum atomic E-state index is -3.28. The molecule has 9 nitrogen and oxygen atoms in total. The lowest BCUT2D eigenvalue weighted by molar-refractivity contribution is -0.135. The van der Waals surface area contributed by atoms with Crippen LogP contribution in [0.2, 0.25) is 0 Å². The summed E-state index contributed by atoms with van der Waals surface area (Å²) >= 11 is 0. The zero-order chi connectivity index (χ0) is 27.6.